The first-order valence-corrected chi connectivity index (χ1v) is 12.2. The minimum atomic E-state index is -0.468. The summed E-state index contributed by atoms with van der Waals surface area (Å²) in [5.41, 5.74) is 2.53. The van der Waals surface area contributed by atoms with Crippen LogP contribution in [-0.4, -0.2) is 61.7 Å². The van der Waals surface area contributed by atoms with Crippen molar-refractivity contribution >= 4 is 29.5 Å². The smallest absolute Gasteiger partial charge is 0.214 e. The summed E-state index contributed by atoms with van der Waals surface area (Å²) in [4.78, 5) is 21.8. The fourth-order valence-corrected chi connectivity index (χ4v) is 4.66. The third-order valence-electron chi connectivity index (χ3n) is 6.29. The number of hydrogen-bond donors (Lipinski definition) is 1. The van der Waals surface area contributed by atoms with Crippen LogP contribution >= 0.6 is 11.6 Å². The summed E-state index contributed by atoms with van der Waals surface area (Å²) < 4.78 is 14.7. The molecule has 2 aromatic carbocycles. The molecule has 0 spiro atoms. The fourth-order valence-electron chi connectivity index (χ4n) is 4.37. The maximum Gasteiger partial charge on any atom is 0.214 e. The molecule has 1 fully saturated rings. The molecule has 1 aliphatic heterocycles. The highest BCUT2D eigenvalue weighted by atomic mass is 35.5. The molecule has 6 nitrogen and oxygen atoms in total. The number of amides is 1. The molecule has 35 heavy (non-hydrogen) atoms. The van der Waals surface area contributed by atoms with Crippen LogP contribution in [0, 0.1) is 5.82 Å². The minimum Gasteiger partial charge on any atom is -0.507 e. The van der Waals surface area contributed by atoms with Gasteiger partial charge in [0.1, 0.15) is 17.4 Å². The van der Waals surface area contributed by atoms with Crippen molar-refractivity contribution in [2.45, 2.75) is 19.3 Å². The van der Waals surface area contributed by atoms with Crippen LogP contribution in [0.2, 0.25) is 5.02 Å². The van der Waals surface area contributed by atoms with Crippen LogP contribution in [0.15, 0.2) is 48.7 Å². The highest BCUT2D eigenvalue weighted by Crippen LogP contribution is 2.41. The molecular weight excluding hydrogens is 467 g/mol. The monoisotopic (exact) mass is 496 g/mol. The summed E-state index contributed by atoms with van der Waals surface area (Å²) in [5.74, 6) is 0.321. The number of nitrogens with zero attached hydrogens (tertiary/aromatic N) is 4. The minimum absolute atomic E-state index is 0.0362. The Labute approximate surface area is 210 Å². The zero-order chi connectivity index (χ0) is 24.9. The molecule has 3 aromatic rings. The number of aromatic nitrogens is 1. The standard InChI is InChI=1S/C27H30ClFN4O2/c1-31(2)12-13-33(18-34)25-7-6-19(14-24(25)28)22-16-21(29)17-23(27(22)35)20-8-9-30-26(15-20)32-10-4-3-5-11-32/h6-9,14-18,35H,3-5,10-13H2,1-2H3. The number of aromatic hydroxyl groups is 1. The van der Waals surface area contributed by atoms with Gasteiger partial charge in [-0.1, -0.05) is 17.7 Å². The van der Waals surface area contributed by atoms with Crippen LogP contribution in [0.4, 0.5) is 15.9 Å². The summed E-state index contributed by atoms with van der Waals surface area (Å²) in [6.45, 7) is 3.03. The van der Waals surface area contributed by atoms with Gasteiger partial charge in [0.25, 0.3) is 0 Å². The van der Waals surface area contributed by atoms with Crippen molar-refractivity contribution < 1.29 is 14.3 Å². The highest BCUT2D eigenvalue weighted by molar-refractivity contribution is 6.34. The van der Waals surface area contributed by atoms with E-state index < -0.39 is 5.82 Å². The Balaban J connectivity index is 1.68. The predicted molar refractivity (Wildman–Crippen MR) is 140 cm³/mol. The van der Waals surface area contributed by atoms with E-state index in [1.165, 1.54) is 23.5 Å². The second kappa shape index (κ2) is 11.1. The number of carbonyl (C=O) groups excluding carboxylic acids is 1. The number of phenolic OH excluding ortho intramolecular Hbond substituents is 1. The number of likely N-dealkylation sites (N-methyl/N-ethyl adjacent to an activating group) is 1. The summed E-state index contributed by atoms with van der Waals surface area (Å²) in [6, 6.07) is 11.4. The molecule has 1 aromatic heterocycles. The van der Waals surface area contributed by atoms with E-state index in [0.717, 1.165) is 38.2 Å². The Morgan fingerprint density at radius 1 is 1.03 bits per heavy atom. The van der Waals surface area contributed by atoms with Crippen molar-refractivity contribution in [1.82, 2.24) is 9.88 Å². The van der Waals surface area contributed by atoms with Crippen LogP contribution < -0.4 is 9.80 Å². The Morgan fingerprint density at radius 3 is 2.34 bits per heavy atom. The largest absolute Gasteiger partial charge is 0.507 e. The third kappa shape index (κ3) is 5.74. The third-order valence-corrected chi connectivity index (χ3v) is 6.60. The number of carbonyl (C=O) groups is 1. The van der Waals surface area contributed by atoms with Crippen LogP contribution in [0.5, 0.6) is 5.75 Å². The van der Waals surface area contributed by atoms with Gasteiger partial charge in [-0.15, -0.1) is 0 Å². The second-order valence-electron chi connectivity index (χ2n) is 9.07. The van der Waals surface area contributed by atoms with Gasteiger partial charge in [-0.05, 0) is 80.9 Å². The van der Waals surface area contributed by atoms with Crippen LogP contribution in [0.3, 0.4) is 0 Å². The number of hydrogen-bond acceptors (Lipinski definition) is 5. The summed E-state index contributed by atoms with van der Waals surface area (Å²) >= 11 is 6.52. The number of rotatable bonds is 8. The molecule has 1 N–H and O–H groups in total. The molecule has 0 unspecified atom stereocenters. The van der Waals surface area contributed by atoms with Crippen molar-refractivity contribution in [1.29, 1.82) is 0 Å². The number of anilines is 2. The van der Waals surface area contributed by atoms with E-state index in [4.69, 9.17) is 11.6 Å². The molecule has 4 rings (SSSR count). The van der Waals surface area contributed by atoms with Crippen molar-refractivity contribution in [3.05, 3.63) is 59.5 Å². The van der Waals surface area contributed by atoms with E-state index in [1.807, 2.05) is 25.1 Å². The molecule has 1 aliphatic rings. The fraction of sp³-hybridized carbons (Fsp3) is 0.333. The van der Waals surface area contributed by atoms with E-state index in [0.29, 0.717) is 46.1 Å². The molecular formula is C27H30ClFN4O2. The van der Waals surface area contributed by atoms with Gasteiger partial charge in [-0.2, -0.15) is 0 Å². The van der Waals surface area contributed by atoms with E-state index in [9.17, 15) is 14.3 Å². The maximum absolute atomic E-state index is 14.7. The number of piperidine rings is 1. The first-order valence-electron chi connectivity index (χ1n) is 11.8. The molecule has 0 saturated carbocycles. The normalized spacial score (nSPS) is 13.8. The Kier molecular flexibility index (Phi) is 7.88. The lowest BCUT2D eigenvalue weighted by molar-refractivity contribution is -0.107. The van der Waals surface area contributed by atoms with Crippen molar-refractivity contribution in [3.63, 3.8) is 0 Å². The average Bonchev–Trinajstić information content (AvgIpc) is 2.86. The van der Waals surface area contributed by atoms with Gasteiger partial charge < -0.3 is 19.8 Å². The van der Waals surface area contributed by atoms with Crippen LogP contribution in [-0.2, 0) is 4.79 Å². The van der Waals surface area contributed by atoms with Crippen molar-refractivity contribution in [2.24, 2.45) is 0 Å². The summed E-state index contributed by atoms with van der Waals surface area (Å²) in [7, 11) is 3.85. The van der Waals surface area contributed by atoms with Gasteiger partial charge in [0.15, 0.2) is 0 Å². The first kappa shape index (κ1) is 24.9. The second-order valence-corrected chi connectivity index (χ2v) is 9.48. The van der Waals surface area contributed by atoms with Crippen LogP contribution in [0.1, 0.15) is 19.3 Å². The maximum atomic E-state index is 14.7. The van der Waals surface area contributed by atoms with E-state index in [2.05, 4.69) is 9.88 Å². The molecule has 184 valence electrons. The van der Waals surface area contributed by atoms with Gasteiger partial charge in [-0.25, -0.2) is 9.37 Å². The molecule has 0 bridgehead atoms. The van der Waals surface area contributed by atoms with Gasteiger partial charge in [0.05, 0.1) is 10.7 Å². The van der Waals surface area contributed by atoms with Gasteiger partial charge in [0.2, 0.25) is 6.41 Å². The van der Waals surface area contributed by atoms with Gasteiger partial charge >= 0.3 is 0 Å². The molecule has 0 radical (unpaired) electrons. The Bertz CT molecular complexity index is 1200. The van der Waals surface area contributed by atoms with E-state index in [-0.39, 0.29) is 5.75 Å². The van der Waals surface area contributed by atoms with Crippen molar-refractivity contribution in [3.8, 4) is 28.0 Å². The number of benzene rings is 2. The zero-order valence-corrected chi connectivity index (χ0v) is 20.8. The molecule has 2 heterocycles. The summed E-state index contributed by atoms with van der Waals surface area (Å²) in [5, 5.41) is 11.5. The van der Waals surface area contributed by atoms with Crippen LogP contribution in [0.25, 0.3) is 22.3 Å². The molecule has 1 amide bonds. The quantitative estimate of drug-likeness (QED) is 0.421. The molecule has 1 saturated heterocycles. The summed E-state index contributed by atoms with van der Waals surface area (Å²) in [6.07, 6.45) is 5.89. The topological polar surface area (TPSA) is 59.9 Å². The molecule has 0 aliphatic carbocycles. The lowest BCUT2D eigenvalue weighted by Crippen LogP contribution is -2.30. The SMILES string of the molecule is CN(C)CCN(C=O)c1ccc(-c2cc(F)cc(-c3ccnc(N4CCCCC4)c3)c2O)cc1Cl. The van der Waals surface area contributed by atoms with E-state index >= 15 is 0 Å². The highest BCUT2D eigenvalue weighted by Gasteiger charge is 2.18. The predicted octanol–water partition coefficient (Wildman–Crippen LogP) is 5.43. The zero-order valence-electron chi connectivity index (χ0n) is 20.0. The first-order chi connectivity index (χ1) is 16.9. The Morgan fingerprint density at radius 2 is 1.71 bits per heavy atom. The Hall–Kier alpha value is -3.16. The number of pyridine rings is 1. The van der Waals surface area contributed by atoms with Gasteiger partial charge in [-0.3, -0.25) is 4.79 Å². The number of phenols is 1. The molecule has 0 atom stereocenters. The van der Waals surface area contributed by atoms with Gasteiger partial charge in [0, 0.05) is 43.5 Å². The average molecular weight is 497 g/mol. The lowest BCUT2D eigenvalue weighted by Gasteiger charge is -2.28. The number of halogens is 2. The van der Waals surface area contributed by atoms with Crippen molar-refractivity contribution in [2.75, 3.05) is 50.1 Å². The van der Waals surface area contributed by atoms with E-state index in [1.54, 1.807) is 30.5 Å². The molecule has 8 heteroatoms. The lowest BCUT2D eigenvalue weighted by atomic mass is 9.97.